The van der Waals surface area contributed by atoms with E-state index >= 15 is 0 Å². The summed E-state index contributed by atoms with van der Waals surface area (Å²) in [6.45, 7) is 5.24. The van der Waals surface area contributed by atoms with Gasteiger partial charge in [0, 0.05) is 0 Å². The van der Waals surface area contributed by atoms with E-state index in [0.29, 0.717) is 13.2 Å². The van der Waals surface area contributed by atoms with E-state index in [1.54, 1.807) is 11.3 Å². The summed E-state index contributed by atoms with van der Waals surface area (Å²) in [4.78, 5) is 4.55. The van der Waals surface area contributed by atoms with Crippen LogP contribution in [0, 0.1) is 6.92 Å². The number of aryl methyl sites for hydroxylation is 1. The van der Waals surface area contributed by atoms with E-state index in [2.05, 4.69) is 10.3 Å². The van der Waals surface area contributed by atoms with Crippen LogP contribution in [0.3, 0.4) is 0 Å². The van der Waals surface area contributed by atoms with E-state index in [1.807, 2.05) is 44.2 Å². The Morgan fingerprint density at radius 1 is 1.30 bits per heavy atom. The Labute approximate surface area is 121 Å². The maximum atomic E-state index is 5.52. The number of rotatable bonds is 5. The predicted molar refractivity (Wildman–Crippen MR) is 81.6 cm³/mol. The Bertz CT molecular complexity index is 718. The van der Waals surface area contributed by atoms with Gasteiger partial charge < -0.3 is 14.5 Å². The van der Waals surface area contributed by atoms with E-state index in [4.69, 9.17) is 9.15 Å². The largest absolute Gasteiger partial charge is 0.494 e. The van der Waals surface area contributed by atoms with Crippen molar-refractivity contribution in [1.82, 2.24) is 4.98 Å². The van der Waals surface area contributed by atoms with Crippen LogP contribution in [0.2, 0.25) is 0 Å². The van der Waals surface area contributed by atoms with Crippen LogP contribution in [-0.4, -0.2) is 11.6 Å². The molecule has 1 aromatic carbocycles. The zero-order valence-electron chi connectivity index (χ0n) is 11.5. The Hall–Kier alpha value is -2.01. The van der Waals surface area contributed by atoms with Gasteiger partial charge in [0.2, 0.25) is 0 Å². The number of thiazole rings is 1. The normalized spacial score (nSPS) is 10.9. The molecule has 0 spiro atoms. The summed E-state index contributed by atoms with van der Waals surface area (Å²) in [6, 6.07) is 9.90. The van der Waals surface area contributed by atoms with Gasteiger partial charge in [0.25, 0.3) is 0 Å². The molecule has 3 aromatic rings. The van der Waals surface area contributed by atoms with Crippen LogP contribution in [0.15, 0.2) is 34.7 Å². The third kappa shape index (κ3) is 2.77. The lowest BCUT2D eigenvalue weighted by Gasteiger charge is -2.00. The molecule has 20 heavy (non-hydrogen) atoms. The lowest BCUT2D eigenvalue weighted by molar-refractivity contribution is 0.341. The summed E-state index contributed by atoms with van der Waals surface area (Å²) in [5.41, 5.74) is 0.983. The number of nitrogens with one attached hydrogen (secondary N) is 1. The molecule has 0 fully saturated rings. The quantitative estimate of drug-likeness (QED) is 0.764. The Morgan fingerprint density at radius 3 is 2.95 bits per heavy atom. The molecule has 1 N–H and O–H groups in total. The van der Waals surface area contributed by atoms with E-state index < -0.39 is 0 Å². The van der Waals surface area contributed by atoms with Gasteiger partial charge in [0.15, 0.2) is 5.13 Å². The number of anilines is 1. The molecule has 0 unspecified atom stereocenters. The van der Waals surface area contributed by atoms with Crippen molar-refractivity contribution in [3.63, 3.8) is 0 Å². The molecule has 0 amide bonds. The van der Waals surface area contributed by atoms with E-state index in [9.17, 15) is 0 Å². The third-order valence-corrected chi connectivity index (χ3v) is 3.86. The minimum Gasteiger partial charge on any atom is -0.494 e. The first kappa shape index (κ1) is 13.0. The molecule has 104 valence electrons. The van der Waals surface area contributed by atoms with Gasteiger partial charge in [-0.1, -0.05) is 11.3 Å². The molecule has 0 radical (unpaired) electrons. The van der Waals surface area contributed by atoms with Crippen LogP contribution in [0.25, 0.3) is 10.2 Å². The van der Waals surface area contributed by atoms with Crippen LogP contribution in [0.4, 0.5) is 5.13 Å². The van der Waals surface area contributed by atoms with Gasteiger partial charge in [-0.25, -0.2) is 4.98 Å². The average Bonchev–Trinajstić information content (AvgIpc) is 3.02. The Balaban J connectivity index is 1.75. The molecule has 0 saturated heterocycles. The lowest BCUT2D eigenvalue weighted by Crippen LogP contribution is -1.96. The highest BCUT2D eigenvalue weighted by atomic mass is 32.1. The molecular formula is C15H16N2O2S. The summed E-state index contributed by atoms with van der Waals surface area (Å²) in [6.07, 6.45) is 0. The minimum absolute atomic E-state index is 0.645. The smallest absolute Gasteiger partial charge is 0.184 e. The fourth-order valence-corrected chi connectivity index (χ4v) is 2.87. The third-order valence-electron chi connectivity index (χ3n) is 2.88. The number of hydrogen-bond donors (Lipinski definition) is 1. The molecule has 0 aliphatic rings. The summed E-state index contributed by atoms with van der Waals surface area (Å²) in [7, 11) is 0. The molecule has 5 heteroatoms. The molecule has 0 aliphatic heterocycles. The number of furan rings is 1. The van der Waals surface area contributed by atoms with Crippen LogP contribution in [0.5, 0.6) is 5.75 Å². The lowest BCUT2D eigenvalue weighted by atomic mass is 10.3. The first-order chi connectivity index (χ1) is 9.74. The molecular weight excluding hydrogens is 272 g/mol. The number of ether oxygens (including phenoxy) is 1. The maximum absolute atomic E-state index is 5.52. The van der Waals surface area contributed by atoms with E-state index in [-0.39, 0.29) is 0 Å². The molecule has 2 aromatic heterocycles. The van der Waals surface area contributed by atoms with Gasteiger partial charge >= 0.3 is 0 Å². The first-order valence-corrected chi connectivity index (χ1v) is 7.39. The summed E-state index contributed by atoms with van der Waals surface area (Å²) >= 11 is 1.62. The average molecular weight is 288 g/mol. The van der Waals surface area contributed by atoms with Gasteiger partial charge in [-0.15, -0.1) is 0 Å². The second-order valence-electron chi connectivity index (χ2n) is 4.45. The van der Waals surface area contributed by atoms with Crippen molar-refractivity contribution in [2.24, 2.45) is 0 Å². The Morgan fingerprint density at radius 2 is 2.20 bits per heavy atom. The van der Waals surface area contributed by atoms with Crippen LogP contribution < -0.4 is 10.1 Å². The number of benzene rings is 1. The van der Waals surface area contributed by atoms with Crippen molar-refractivity contribution >= 4 is 26.7 Å². The highest BCUT2D eigenvalue weighted by Gasteiger charge is 2.06. The summed E-state index contributed by atoms with van der Waals surface area (Å²) in [5, 5.41) is 4.18. The molecule has 0 aliphatic carbocycles. The fourth-order valence-electron chi connectivity index (χ4n) is 1.98. The number of aromatic nitrogens is 1. The highest BCUT2D eigenvalue weighted by Crippen LogP contribution is 2.29. The van der Waals surface area contributed by atoms with Crippen molar-refractivity contribution < 1.29 is 9.15 Å². The Kier molecular flexibility index (Phi) is 3.60. The van der Waals surface area contributed by atoms with Crippen molar-refractivity contribution in [3.8, 4) is 5.75 Å². The van der Waals surface area contributed by atoms with Gasteiger partial charge in [0.1, 0.15) is 17.3 Å². The monoisotopic (exact) mass is 288 g/mol. The predicted octanol–water partition coefficient (Wildman–Crippen LogP) is 4.21. The van der Waals surface area contributed by atoms with Crippen LogP contribution in [-0.2, 0) is 6.54 Å². The zero-order valence-corrected chi connectivity index (χ0v) is 12.3. The van der Waals surface area contributed by atoms with Gasteiger partial charge in [-0.3, -0.25) is 0 Å². The highest BCUT2D eigenvalue weighted by molar-refractivity contribution is 7.22. The van der Waals surface area contributed by atoms with Crippen LogP contribution in [0.1, 0.15) is 18.4 Å². The number of fused-ring (bicyclic) bond motifs is 1. The summed E-state index contributed by atoms with van der Waals surface area (Å²) in [5.74, 6) is 2.72. The van der Waals surface area contributed by atoms with E-state index in [1.165, 1.54) is 0 Å². The second-order valence-corrected chi connectivity index (χ2v) is 5.48. The molecule has 4 nitrogen and oxygen atoms in total. The standard InChI is InChI=1S/C15H16N2O2S/c1-3-18-11-6-7-13-14(8-11)20-15(17-13)16-9-12-5-4-10(2)19-12/h4-8H,3,9H2,1-2H3,(H,16,17). The number of hydrogen-bond acceptors (Lipinski definition) is 5. The molecule has 0 saturated carbocycles. The summed E-state index contributed by atoms with van der Waals surface area (Å²) < 4.78 is 12.1. The zero-order chi connectivity index (χ0) is 13.9. The van der Waals surface area contributed by atoms with Crippen molar-refractivity contribution in [2.45, 2.75) is 20.4 Å². The van der Waals surface area contributed by atoms with Crippen molar-refractivity contribution in [3.05, 3.63) is 41.9 Å². The van der Waals surface area contributed by atoms with Gasteiger partial charge in [-0.2, -0.15) is 0 Å². The van der Waals surface area contributed by atoms with E-state index in [0.717, 1.165) is 32.6 Å². The topological polar surface area (TPSA) is 47.3 Å². The molecule has 0 bridgehead atoms. The van der Waals surface area contributed by atoms with Gasteiger partial charge in [-0.05, 0) is 44.2 Å². The van der Waals surface area contributed by atoms with Crippen molar-refractivity contribution in [1.29, 1.82) is 0 Å². The maximum Gasteiger partial charge on any atom is 0.184 e. The molecule has 2 heterocycles. The van der Waals surface area contributed by atoms with Gasteiger partial charge in [0.05, 0.1) is 23.4 Å². The number of nitrogens with zero attached hydrogens (tertiary/aromatic N) is 1. The second kappa shape index (κ2) is 5.54. The van der Waals surface area contributed by atoms with Crippen molar-refractivity contribution in [2.75, 3.05) is 11.9 Å². The SMILES string of the molecule is CCOc1ccc2nc(NCc3ccc(C)o3)sc2c1. The fraction of sp³-hybridized carbons (Fsp3) is 0.267. The molecule has 3 rings (SSSR count). The van der Waals surface area contributed by atoms with Crippen LogP contribution >= 0.6 is 11.3 Å². The molecule has 0 atom stereocenters. The minimum atomic E-state index is 0.645. The first-order valence-electron chi connectivity index (χ1n) is 6.57.